The number of carbonyl (C=O) groups excluding carboxylic acids is 1. The molecule has 3 aromatic rings. The lowest BCUT2D eigenvalue weighted by Gasteiger charge is -2.32. The second-order valence-corrected chi connectivity index (χ2v) is 7.87. The molecule has 4 rings (SSSR count). The third-order valence-corrected chi connectivity index (χ3v) is 5.46. The van der Waals surface area contributed by atoms with E-state index in [1.165, 1.54) is 25.1 Å². The van der Waals surface area contributed by atoms with E-state index in [-0.39, 0.29) is 46.6 Å². The molecule has 1 aliphatic heterocycles. The molecule has 2 aromatic heterocycles. The highest BCUT2D eigenvalue weighted by Gasteiger charge is 2.43. The fourth-order valence-corrected chi connectivity index (χ4v) is 3.83. The Morgan fingerprint density at radius 1 is 1.35 bits per heavy atom. The number of nitrogens with one attached hydrogen (secondary N) is 2. The number of carbonyl (C=O) groups is 1. The monoisotopic (exact) mass is 487 g/mol. The molecule has 0 aliphatic carbocycles. The number of ether oxygens (including phenoxy) is 1. The molecule has 12 heteroatoms. The molecule has 1 aromatic carbocycles. The average molecular weight is 487 g/mol. The number of piperidine rings is 1. The Kier molecular flexibility index (Phi) is 6.19. The largest absolute Gasteiger partial charge is 0.489 e. The number of amides is 1. The summed E-state index contributed by atoms with van der Waals surface area (Å²) in [7, 11) is 0. The standard InChI is InChI=1S/C22H19F6N3O3/c1-11-17(20(32)31-16-4-6-29-10-21(16,24)25)14-7-13(8-15(23)18(14)34-11)33-9-12-3-2-5-30-19(12)22(26,27)28/h2-3,5,7-8,16,29H,4,6,9-10H2,1H3,(H,31,32). The van der Waals surface area contributed by atoms with E-state index in [9.17, 15) is 31.1 Å². The van der Waals surface area contributed by atoms with E-state index in [2.05, 4.69) is 15.6 Å². The molecule has 182 valence electrons. The van der Waals surface area contributed by atoms with Gasteiger partial charge in [0, 0.05) is 23.2 Å². The Balaban J connectivity index is 1.62. The van der Waals surface area contributed by atoms with Gasteiger partial charge < -0.3 is 19.8 Å². The zero-order valence-corrected chi connectivity index (χ0v) is 17.7. The number of halogens is 6. The van der Waals surface area contributed by atoms with Crippen LogP contribution in [0.2, 0.25) is 0 Å². The van der Waals surface area contributed by atoms with Crippen LogP contribution < -0.4 is 15.4 Å². The van der Waals surface area contributed by atoms with Crippen molar-refractivity contribution in [1.82, 2.24) is 15.6 Å². The Labute approximate surface area is 189 Å². The van der Waals surface area contributed by atoms with Crippen LogP contribution in [0.15, 0.2) is 34.9 Å². The lowest BCUT2D eigenvalue weighted by atomic mass is 10.0. The van der Waals surface area contributed by atoms with Crippen LogP contribution in [0.3, 0.4) is 0 Å². The van der Waals surface area contributed by atoms with Crippen LogP contribution in [-0.4, -0.2) is 35.9 Å². The van der Waals surface area contributed by atoms with Gasteiger partial charge in [-0.2, -0.15) is 13.2 Å². The van der Waals surface area contributed by atoms with Gasteiger partial charge in [0.2, 0.25) is 0 Å². The van der Waals surface area contributed by atoms with Crippen molar-refractivity contribution in [3.8, 4) is 5.75 Å². The van der Waals surface area contributed by atoms with Gasteiger partial charge in [0.1, 0.15) is 18.1 Å². The Morgan fingerprint density at radius 2 is 2.12 bits per heavy atom. The highest BCUT2D eigenvalue weighted by Crippen LogP contribution is 2.34. The predicted molar refractivity (Wildman–Crippen MR) is 108 cm³/mol. The zero-order valence-electron chi connectivity index (χ0n) is 17.7. The van der Waals surface area contributed by atoms with Crippen LogP contribution in [0.4, 0.5) is 26.3 Å². The smallest absolute Gasteiger partial charge is 0.433 e. The molecule has 1 aliphatic rings. The minimum Gasteiger partial charge on any atom is -0.489 e. The molecule has 1 fully saturated rings. The maximum Gasteiger partial charge on any atom is 0.433 e. The highest BCUT2D eigenvalue weighted by atomic mass is 19.4. The average Bonchev–Trinajstić information content (AvgIpc) is 3.10. The minimum absolute atomic E-state index is 0.00702. The van der Waals surface area contributed by atoms with Gasteiger partial charge in [-0.05, 0) is 32.0 Å². The molecular weight excluding hydrogens is 468 g/mol. The lowest BCUT2D eigenvalue weighted by Crippen LogP contribution is -2.57. The number of hydrogen-bond donors (Lipinski definition) is 2. The summed E-state index contributed by atoms with van der Waals surface area (Å²) in [4.78, 5) is 16.2. The summed E-state index contributed by atoms with van der Waals surface area (Å²) < 4.78 is 93.0. The normalized spacial score (nSPS) is 18.1. The van der Waals surface area contributed by atoms with Gasteiger partial charge in [0.05, 0.1) is 18.2 Å². The van der Waals surface area contributed by atoms with E-state index in [0.717, 1.165) is 12.3 Å². The molecule has 1 unspecified atom stereocenters. The number of fused-ring (bicyclic) bond motifs is 1. The van der Waals surface area contributed by atoms with Gasteiger partial charge in [-0.25, -0.2) is 13.2 Å². The molecule has 34 heavy (non-hydrogen) atoms. The maximum absolute atomic E-state index is 14.7. The summed E-state index contributed by atoms with van der Waals surface area (Å²) >= 11 is 0. The number of nitrogens with zero attached hydrogens (tertiary/aromatic N) is 1. The first-order chi connectivity index (χ1) is 16.0. The molecule has 1 atom stereocenters. The van der Waals surface area contributed by atoms with Gasteiger partial charge in [0.15, 0.2) is 17.1 Å². The van der Waals surface area contributed by atoms with Gasteiger partial charge in [0.25, 0.3) is 11.8 Å². The van der Waals surface area contributed by atoms with Crippen molar-refractivity contribution >= 4 is 16.9 Å². The molecule has 1 amide bonds. The predicted octanol–water partition coefficient (Wildman–Crippen LogP) is 4.60. The number of rotatable bonds is 5. The van der Waals surface area contributed by atoms with E-state index in [1.807, 2.05) is 0 Å². The van der Waals surface area contributed by atoms with E-state index in [1.54, 1.807) is 0 Å². The fraction of sp³-hybridized carbons (Fsp3) is 0.364. The number of aryl methyl sites for hydroxylation is 1. The summed E-state index contributed by atoms with van der Waals surface area (Å²) in [6.07, 6.45) is -3.73. The van der Waals surface area contributed by atoms with Crippen molar-refractivity contribution in [2.45, 2.75) is 38.1 Å². The topological polar surface area (TPSA) is 76.4 Å². The van der Waals surface area contributed by atoms with E-state index in [0.29, 0.717) is 0 Å². The Bertz CT molecular complexity index is 1220. The van der Waals surface area contributed by atoms with Crippen molar-refractivity contribution in [2.75, 3.05) is 13.1 Å². The second kappa shape index (κ2) is 8.82. The number of alkyl halides is 5. The first-order valence-corrected chi connectivity index (χ1v) is 10.2. The van der Waals surface area contributed by atoms with Gasteiger partial charge >= 0.3 is 6.18 Å². The van der Waals surface area contributed by atoms with Gasteiger partial charge in [-0.15, -0.1) is 0 Å². The van der Waals surface area contributed by atoms with Gasteiger partial charge in [-0.1, -0.05) is 6.07 Å². The van der Waals surface area contributed by atoms with Crippen molar-refractivity contribution in [3.63, 3.8) is 0 Å². The summed E-state index contributed by atoms with van der Waals surface area (Å²) in [5.74, 6) is -5.17. The first kappa shape index (κ1) is 23.9. The fourth-order valence-electron chi connectivity index (χ4n) is 3.83. The summed E-state index contributed by atoms with van der Waals surface area (Å²) in [6, 6.07) is 3.16. The van der Waals surface area contributed by atoms with E-state index in [4.69, 9.17) is 9.15 Å². The molecule has 0 bridgehead atoms. The number of aromatic nitrogens is 1. The zero-order chi connectivity index (χ0) is 24.7. The molecule has 0 radical (unpaired) electrons. The Hall–Kier alpha value is -3.28. The van der Waals surface area contributed by atoms with Crippen molar-refractivity contribution < 1.29 is 40.3 Å². The maximum atomic E-state index is 14.7. The molecule has 0 saturated carbocycles. The molecule has 6 nitrogen and oxygen atoms in total. The van der Waals surface area contributed by atoms with Crippen LogP contribution in [-0.2, 0) is 12.8 Å². The van der Waals surface area contributed by atoms with Crippen LogP contribution in [0.25, 0.3) is 11.0 Å². The quantitative estimate of drug-likeness (QED) is 0.515. The third-order valence-electron chi connectivity index (χ3n) is 5.46. The van der Waals surface area contributed by atoms with Crippen molar-refractivity contribution in [1.29, 1.82) is 0 Å². The van der Waals surface area contributed by atoms with Crippen molar-refractivity contribution in [3.05, 3.63) is 58.9 Å². The summed E-state index contributed by atoms with van der Waals surface area (Å²) in [5.41, 5.74) is -1.88. The third kappa shape index (κ3) is 4.67. The first-order valence-electron chi connectivity index (χ1n) is 10.2. The molecule has 1 saturated heterocycles. The molecule has 3 heterocycles. The number of hydrogen-bond acceptors (Lipinski definition) is 5. The van der Waals surface area contributed by atoms with Crippen molar-refractivity contribution in [2.24, 2.45) is 0 Å². The summed E-state index contributed by atoms with van der Waals surface area (Å²) in [5, 5.41) is 4.78. The lowest BCUT2D eigenvalue weighted by molar-refractivity contribution is -0.142. The molecule has 2 N–H and O–H groups in total. The number of pyridine rings is 1. The number of benzene rings is 1. The van der Waals surface area contributed by atoms with Crippen LogP contribution in [0, 0.1) is 12.7 Å². The van der Waals surface area contributed by atoms with E-state index < -0.39 is 48.7 Å². The van der Waals surface area contributed by atoms with Gasteiger partial charge in [-0.3, -0.25) is 9.78 Å². The van der Waals surface area contributed by atoms with Crippen LogP contribution >= 0.6 is 0 Å². The van der Waals surface area contributed by atoms with E-state index >= 15 is 0 Å². The second-order valence-electron chi connectivity index (χ2n) is 7.87. The minimum atomic E-state index is -4.71. The Morgan fingerprint density at radius 3 is 2.82 bits per heavy atom. The van der Waals surface area contributed by atoms with Crippen LogP contribution in [0.1, 0.15) is 33.8 Å². The van der Waals surface area contributed by atoms with Crippen LogP contribution in [0.5, 0.6) is 5.75 Å². The molecule has 0 spiro atoms. The number of furan rings is 1. The highest BCUT2D eigenvalue weighted by molar-refractivity contribution is 6.07. The summed E-state index contributed by atoms with van der Waals surface area (Å²) in [6.45, 7) is 0.491. The SMILES string of the molecule is Cc1oc2c(F)cc(OCc3cccnc3C(F)(F)F)cc2c1C(=O)NC1CCNCC1(F)F. The molecular formula is C22H19F6N3O3.